The molecule has 0 fully saturated rings. The number of nitrogens with two attached hydrogens (primary N) is 1. The second-order valence-corrected chi connectivity index (χ2v) is 7.80. The highest BCUT2D eigenvalue weighted by Gasteiger charge is 2.19. The van der Waals surface area contributed by atoms with Gasteiger partial charge in [-0.15, -0.1) is 0 Å². The van der Waals surface area contributed by atoms with Crippen LogP contribution in [0.1, 0.15) is 33.0 Å². The van der Waals surface area contributed by atoms with Crippen molar-refractivity contribution in [2.75, 3.05) is 6.54 Å². The van der Waals surface area contributed by atoms with Crippen LogP contribution in [0.3, 0.4) is 0 Å². The first-order chi connectivity index (χ1) is 15.6. The van der Waals surface area contributed by atoms with Crippen LogP contribution in [0, 0.1) is 0 Å². The average Bonchev–Trinajstić information content (AvgIpc) is 2.84. The summed E-state index contributed by atoms with van der Waals surface area (Å²) in [6, 6.07) is 30.6. The molecule has 0 saturated heterocycles. The number of benzene rings is 4. The van der Waals surface area contributed by atoms with Gasteiger partial charge in [-0.25, -0.2) is 4.79 Å². The summed E-state index contributed by atoms with van der Waals surface area (Å²) in [7, 11) is 0. The molecule has 0 heterocycles. The van der Waals surface area contributed by atoms with Gasteiger partial charge in [0.1, 0.15) is 12.4 Å². The van der Waals surface area contributed by atoms with E-state index in [0.29, 0.717) is 12.0 Å². The predicted octanol–water partition coefficient (Wildman–Crippen LogP) is 5.05. The van der Waals surface area contributed by atoms with Gasteiger partial charge in [-0.3, -0.25) is 4.79 Å². The van der Waals surface area contributed by atoms with Crippen LogP contribution in [0.25, 0.3) is 10.8 Å². The Bertz CT molecular complexity index is 1220. The van der Waals surface area contributed by atoms with Gasteiger partial charge < -0.3 is 10.5 Å². The van der Waals surface area contributed by atoms with Gasteiger partial charge >= 0.3 is 5.97 Å². The molecule has 0 radical (unpaired) electrons. The number of ketones is 1. The van der Waals surface area contributed by atoms with Crippen molar-refractivity contribution in [3.8, 4) is 0 Å². The normalized spacial score (nSPS) is 11.8. The summed E-state index contributed by atoms with van der Waals surface area (Å²) in [4.78, 5) is 25.1. The minimum atomic E-state index is -0.373. The van der Waals surface area contributed by atoms with Gasteiger partial charge in [0.15, 0.2) is 0 Å². The van der Waals surface area contributed by atoms with Crippen molar-refractivity contribution in [2.24, 2.45) is 5.73 Å². The maximum atomic E-state index is 13.0. The fraction of sp³-hybridized carbons (Fsp3) is 0.143. The van der Waals surface area contributed by atoms with Crippen molar-refractivity contribution >= 4 is 22.5 Å². The van der Waals surface area contributed by atoms with E-state index in [9.17, 15) is 9.59 Å². The average molecular weight is 424 g/mol. The Morgan fingerprint density at radius 2 is 1.41 bits per heavy atom. The number of Topliss-reactive ketones (excluding diaryl/α,β-unsaturated/α-hetero) is 1. The quantitative estimate of drug-likeness (QED) is 0.403. The highest BCUT2D eigenvalue weighted by molar-refractivity contribution is 5.90. The number of ether oxygens (including phenoxy) is 1. The maximum absolute atomic E-state index is 13.0. The van der Waals surface area contributed by atoms with Crippen LogP contribution < -0.4 is 5.73 Å². The predicted molar refractivity (Wildman–Crippen MR) is 126 cm³/mol. The summed E-state index contributed by atoms with van der Waals surface area (Å²) in [5, 5.41) is 2.28. The van der Waals surface area contributed by atoms with Gasteiger partial charge in [-0.05, 0) is 39.6 Å². The largest absolute Gasteiger partial charge is 0.457 e. The number of carbonyl (C=O) groups is 2. The lowest BCUT2D eigenvalue weighted by Gasteiger charge is -2.15. The van der Waals surface area contributed by atoms with Crippen molar-refractivity contribution in [1.82, 2.24) is 0 Å². The van der Waals surface area contributed by atoms with E-state index in [1.165, 1.54) is 0 Å². The molecule has 0 aromatic heterocycles. The van der Waals surface area contributed by atoms with Gasteiger partial charge in [0.2, 0.25) is 0 Å². The number of esters is 1. The van der Waals surface area contributed by atoms with E-state index in [4.69, 9.17) is 10.5 Å². The zero-order valence-electron chi connectivity index (χ0n) is 17.7. The topological polar surface area (TPSA) is 69.4 Å². The lowest BCUT2D eigenvalue weighted by Crippen LogP contribution is -2.23. The molecule has 32 heavy (non-hydrogen) atoms. The first-order valence-corrected chi connectivity index (χ1v) is 10.7. The van der Waals surface area contributed by atoms with E-state index in [-0.39, 0.29) is 30.8 Å². The van der Waals surface area contributed by atoms with E-state index >= 15 is 0 Å². The van der Waals surface area contributed by atoms with E-state index in [1.54, 1.807) is 24.3 Å². The Kier molecular flexibility index (Phi) is 6.73. The molecule has 0 amide bonds. The van der Waals surface area contributed by atoms with Crippen LogP contribution in [-0.4, -0.2) is 18.3 Å². The molecule has 4 heteroatoms. The zero-order chi connectivity index (χ0) is 22.3. The second-order valence-electron chi connectivity index (χ2n) is 7.80. The lowest BCUT2D eigenvalue weighted by molar-refractivity contribution is -0.119. The Hall–Kier alpha value is -3.76. The first kappa shape index (κ1) is 21.5. The highest BCUT2D eigenvalue weighted by Crippen LogP contribution is 2.21. The molecule has 0 aliphatic carbocycles. The Morgan fingerprint density at radius 3 is 2.12 bits per heavy atom. The summed E-state index contributed by atoms with van der Waals surface area (Å²) in [6.45, 7) is 0.418. The van der Waals surface area contributed by atoms with Crippen molar-refractivity contribution < 1.29 is 14.3 Å². The molecular weight excluding hydrogens is 398 g/mol. The molecule has 0 aliphatic rings. The molecule has 4 rings (SSSR count). The van der Waals surface area contributed by atoms with Crippen LogP contribution in [0.2, 0.25) is 0 Å². The van der Waals surface area contributed by atoms with E-state index in [2.05, 4.69) is 12.1 Å². The maximum Gasteiger partial charge on any atom is 0.338 e. The molecule has 0 saturated carbocycles. The molecule has 4 aromatic carbocycles. The molecule has 0 spiro atoms. The van der Waals surface area contributed by atoms with Crippen LogP contribution in [0.5, 0.6) is 0 Å². The SMILES string of the molecule is NC[C@@H](C(=O)Cc1ccc2ccccc2c1)c1ccc(COC(=O)c2ccccc2)cc1. The van der Waals surface area contributed by atoms with E-state index in [0.717, 1.165) is 27.5 Å². The van der Waals surface area contributed by atoms with Crippen molar-refractivity contribution in [2.45, 2.75) is 18.9 Å². The third-order valence-corrected chi connectivity index (χ3v) is 5.58. The van der Waals surface area contributed by atoms with Crippen molar-refractivity contribution in [3.63, 3.8) is 0 Å². The van der Waals surface area contributed by atoms with Crippen LogP contribution in [0.4, 0.5) is 0 Å². The van der Waals surface area contributed by atoms with Gasteiger partial charge in [0, 0.05) is 13.0 Å². The van der Waals surface area contributed by atoms with Gasteiger partial charge in [0.05, 0.1) is 11.5 Å². The van der Waals surface area contributed by atoms with Gasteiger partial charge in [0.25, 0.3) is 0 Å². The fourth-order valence-electron chi connectivity index (χ4n) is 3.78. The van der Waals surface area contributed by atoms with Crippen LogP contribution in [-0.2, 0) is 22.6 Å². The third-order valence-electron chi connectivity index (χ3n) is 5.58. The van der Waals surface area contributed by atoms with Crippen molar-refractivity contribution in [3.05, 3.63) is 119 Å². The van der Waals surface area contributed by atoms with Crippen LogP contribution >= 0.6 is 0 Å². The summed E-state index contributed by atoms with van der Waals surface area (Å²) in [6.07, 6.45) is 0.336. The van der Waals surface area contributed by atoms with Gasteiger partial charge in [-0.1, -0.05) is 84.9 Å². The van der Waals surface area contributed by atoms with E-state index < -0.39 is 0 Å². The first-order valence-electron chi connectivity index (χ1n) is 10.7. The molecule has 0 bridgehead atoms. The molecular formula is C28H25NO3. The zero-order valence-corrected chi connectivity index (χ0v) is 17.7. The molecule has 0 unspecified atom stereocenters. The number of hydrogen-bond donors (Lipinski definition) is 1. The summed E-state index contributed by atoms with van der Waals surface area (Å²) >= 11 is 0. The molecule has 2 N–H and O–H groups in total. The van der Waals surface area contributed by atoms with Gasteiger partial charge in [-0.2, -0.15) is 0 Å². The number of fused-ring (bicyclic) bond motifs is 1. The molecule has 1 atom stereocenters. The second kappa shape index (κ2) is 10.0. The summed E-state index contributed by atoms with van der Waals surface area (Å²) in [5.74, 6) is -0.645. The molecule has 4 aromatic rings. The third kappa shape index (κ3) is 5.10. The Morgan fingerprint density at radius 1 is 0.750 bits per heavy atom. The minimum Gasteiger partial charge on any atom is -0.457 e. The van der Waals surface area contributed by atoms with Crippen molar-refractivity contribution in [1.29, 1.82) is 0 Å². The molecule has 0 aliphatic heterocycles. The Labute approximate surface area is 187 Å². The number of rotatable bonds is 8. The fourth-order valence-corrected chi connectivity index (χ4v) is 3.78. The van der Waals surface area contributed by atoms with Crippen LogP contribution in [0.15, 0.2) is 97.1 Å². The molecule has 160 valence electrons. The minimum absolute atomic E-state index is 0.0889. The summed E-state index contributed by atoms with van der Waals surface area (Å²) < 4.78 is 5.37. The molecule has 4 nitrogen and oxygen atoms in total. The smallest absolute Gasteiger partial charge is 0.338 e. The highest BCUT2D eigenvalue weighted by atomic mass is 16.5. The number of hydrogen-bond acceptors (Lipinski definition) is 4. The van der Waals surface area contributed by atoms with E-state index in [1.807, 2.05) is 60.7 Å². The standard InChI is InChI=1S/C28H25NO3/c29-18-26(27(30)17-21-12-13-22-6-4-5-9-25(22)16-21)23-14-10-20(11-15-23)19-32-28(31)24-7-2-1-3-8-24/h1-16,26H,17-19,29H2/t26-/m1/s1. The number of carbonyl (C=O) groups excluding carboxylic acids is 2. The Balaban J connectivity index is 1.39. The summed E-state index contributed by atoms with van der Waals surface area (Å²) in [5.41, 5.74) is 9.19. The lowest BCUT2D eigenvalue weighted by atomic mass is 9.90. The monoisotopic (exact) mass is 423 g/mol.